The minimum Gasteiger partial charge on any atom is -0.381 e. The van der Waals surface area contributed by atoms with Gasteiger partial charge in [-0.15, -0.1) is 35.3 Å². The molecular weight excluding hydrogens is 463 g/mol. The minimum absolute atomic E-state index is 0. The van der Waals surface area contributed by atoms with E-state index in [1.165, 1.54) is 4.88 Å². The SMILES string of the molecule is CCCCOCCCNC(=NCC(=O)N(C)C)NCCc1cccs1.I. The van der Waals surface area contributed by atoms with Gasteiger partial charge in [-0.2, -0.15) is 0 Å². The molecule has 0 aliphatic heterocycles. The van der Waals surface area contributed by atoms with Gasteiger partial charge in [0, 0.05) is 45.3 Å². The Bertz CT molecular complexity index is 495. The monoisotopic (exact) mass is 496 g/mol. The number of hydrogen-bond donors (Lipinski definition) is 2. The normalized spacial score (nSPS) is 11.0. The van der Waals surface area contributed by atoms with E-state index in [0.29, 0.717) is 5.96 Å². The Balaban J connectivity index is 0.00000625. The minimum atomic E-state index is -0.0118. The average Bonchev–Trinajstić information content (AvgIpc) is 3.11. The van der Waals surface area contributed by atoms with E-state index in [1.807, 2.05) is 0 Å². The molecule has 1 amide bonds. The lowest BCUT2D eigenvalue weighted by Gasteiger charge is -2.13. The number of unbranched alkanes of at least 4 members (excludes halogenated alkanes) is 1. The number of aliphatic imine (C=N–C) groups is 1. The fraction of sp³-hybridized carbons (Fsp3) is 0.667. The summed E-state index contributed by atoms with van der Waals surface area (Å²) in [4.78, 5) is 19.0. The van der Waals surface area contributed by atoms with Crippen LogP contribution in [0.3, 0.4) is 0 Å². The lowest BCUT2D eigenvalue weighted by Crippen LogP contribution is -2.40. The Morgan fingerprint density at radius 3 is 2.62 bits per heavy atom. The molecule has 1 rings (SSSR count). The lowest BCUT2D eigenvalue weighted by molar-refractivity contribution is -0.127. The van der Waals surface area contributed by atoms with E-state index >= 15 is 0 Å². The number of carbonyl (C=O) groups excluding carboxylic acids is 1. The summed E-state index contributed by atoms with van der Waals surface area (Å²) in [6.07, 6.45) is 4.12. The number of thiophene rings is 1. The molecule has 0 aliphatic carbocycles. The second-order valence-corrected chi connectivity index (χ2v) is 6.99. The highest BCUT2D eigenvalue weighted by atomic mass is 127. The third-order valence-electron chi connectivity index (χ3n) is 3.52. The van der Waals surface area contributed by atoms with E-state index in [1.54, 1.807) is 30.3 Å². The van der Waals surface area contributed by atoms with Gasteiger partial charge in [0.25, 0.3) is 0 Å². The highest BCUT2D eigenvalue weighted by molar-refractivity contribution is 14.0. The van der Waals surface area contributed by atoms with E-state index in [0.717, 1.165) is 52.0 Å². The Hall–Kier alpha value is -0.870. The van der Waals surface area contributed by atoms with E-state index in [-0.39, 0.29) is 36.4 Å². The third-order valence-corrected chi connectivity index (χ3v) is 4.45. The molecule has 0 aliphatic rings. The standard InChI is InChI=1S/C18H32N4O2S.HI/c1-4-5-12-24-13-7-10-19-18(21-15-17(23)22(2)3)20-11-9-16-8-6-14-25-16;/h6,8,14H,4-5,7,9-13,15H2,1-3H3,(H2,19,20,21);1H. The fourth-order valence-electron chi connectivity index (χ4n) is 1.95. The Kier molecular flexibility index (Phi) is 15.8. The van der Waals surface area contributed by atoms with Crippen LogP contribution in [0, 0.1) is 0 Å². The molecule has 2 N–H and O–H groups in total. The van der Waals surface area contributed by atoms with Gasteiger partial charge in [-0.1, -0.05) is 19.4 Å². The molecule has 8 heteroatoms. The second-order valence-electron chi connectivity index (χ2n) is 5.96. The van der Waals surface area contributed by atoms with Crippen molar-refractivity contribution in [2.24, 2.45) is 4.99 Å². The third kappa shape index (κ3) is 12.5. The quantitative estimate of drug-likeness (QED) is 0.202. The van der Waals surface area contributed by atoms with Crippen molar-refractivity contribution in [1.82, 2.24) is 15.5 Å². The zero-order valence-electron chi connectivity index (χ0n) is 16.1. The number of carbonyl (C=O) groups is 1. The van der Waals surface area contributed by atoms with E-state index in [2.05, 4.69) is 40.1 Å². The molecule has 0 saturated carbocycles. The van der Waals surface area contributed by atoms with Gasteiger partial charge < -0.3 is 20.3 Å². The summed E-state index contributed by atoms with van der Waals surface area (Å²) in [5, 5.41) is 8.65. The number of halogens is 1. The van der Waals surface area contributed by atoms with Gasteiger partial charge in [0.1, 0.15) is 6.54 Å². The molecule has 0 bridgehead atoms. The number of nitrogens with one attached hydrogen (secondary N) is 2. The zero-order valence-corrected chi connectivity index (χ0v) is 19.3. The number of rotatable bonds is 12. The summed E-state index contributed by atoms with van der Waals surface area (Å²) >= 11 is 1.75. The van der Waals surface area contributed by atoms with Crippen molar-refractivity contribution in [2.75, 3.05) is 46.9 Å². The molecular formula is C18H33IN4O2S. The van der Waals surface area contributed by atoms with Gasteiger partial charge in [-0.3, -0.25) is 4.79 Å². The summed E-state index contributed by atoms with van der Waals surface area (Å²) in [5.41, 5.74) is 0. The smallest absolute Gasteiger partial charge is 0.243 e. The Morgan fingerprint density at radius 2 is 1.96 bits per heavy atom. The van der Waals surface area contributed by atoms with Crippen molar-refractivity contribution in [1.29, 1.82) is 0 Å². The van der Waals surface area contributed by atoms with Crippen LogP contribution in [-0.4, -0.2) is 63.7 Å². The van der Waals surface area contributed by atoms with Crippen LogP contribution in [-0.2, 0) is 16.0 Å². The van der Waals surface area contributed by atoms with Gasteiger partial charge in [0.05, 0.1) is 0 Å². The van der Waals surface area contributed by atoms with E-state index < -0.39 is 0 Å². The van der Waals surface area contributed by atoms with E-state index in [9.17, 15) is 4.79 Å². The van der Waals surface area contributed by atoms with Crippen LogP contribution < -0.4 is 10.6 Å². The van der Waals surface area contributed by atoms with Crippen LogP contribution in [0.15, 0.2) is 22.5 Å². The van der Waals surface area contributed by atoms with Crippen LogP contribution in [0.4, 0.5) is 0 Å². The van der Waals surface area contributed by atoms with Crippen LogP contribution in [0.2, 0.25) is 0 Å². The summed E-state index contributed by atoms with van der Waals surface area (Å²) < 4.78 is 5.56. The van der Waals surface area contributed by atoms with Crippen molar-refractivity contribution in [3.8, 4) is 0 Å². The molecule has 0 radical (unpaired) electrons. The summed E-state index contributed by atoms with van der Waals surface area (Å²) in [7, 11) is 3.48. The highest BCUT2D eigenvalue weighted by Crippen LogP contribution is 2.07. The van der Waals surface area contributed by atoms with Gasteiger partial charge in [0.15, 0.2) is 5.96 Å². The van der Waals surface area contributed by atoms with Gasteiger partial charge >= 0.3 is 0 Å². The van der Waals surface area contributed by atoms with Crippen molar-refractivity contribution in [3.63, 3.8) is 0 Å². The first kappa shape index (κ1) is 25.1. The second kappa shape index (κ2) is 16.3. The maximum Gasteiger partial charge on any atom is 0.243 e. The Morgan fingerprint density at radius 1 is 1.23 bits per heavy atom. The van der Waals surface area contributed by atoms with E-state index in [4.69, 9.17) is 4.74 Å². The van der Waals surface area contributed by atoms with Crippen molar-refractivity contribution in [3.05, 3.63) is 22.4 Å². The Labute approximate surface area is 178 Å². The maximum atomic E-state index is 11.7. The highest BCUT2D eigenvalue weighted by Gasteiger charge is 2.04. The summed E-state index contributed by atoms with van der Waals surface area (Å²) in [5.74, 6) is 0.669. The fourth-order valence-corrected chi connectivity index (χ4v) is 2.66. The van der Waals surface area contributed by atoms with Crippen LogP contribution in [0.25, 0.3) is 0 Å². The molecule has 26 heavy (non-hydrogen) atoms. The maximum absolute atomic E-state index is 11.7. The molecule has 0 fully saturated rings. The lowest BCUT2D eigenvalue weighted by atomic mass is 10.3. The molecule has 150 valence electrons. The van der Waals surface area contributed by atoms with Crippen molar-refractivity contribution < 1.29 is 9.53 Å². The zero-order chi connectivity index (χ0) is 18.3. The molecule has 0 unspecified atom stereocenters. The molecule has 0 spiro atoms. The molecule has 0 saturated heterocycles. The van der Waals surface area contributed by atoms with Crippen molar-refractivity contribution in [2.45, 2.75) is 32.6 Å². The molecule has 1 heterocycles. The number of amides is 1. The first-order valence-electron chi connectivity index (χ1n) is 8.96. The summed E-state index contributed by atoms with van der Waals surface area (Å²) in [6.45, 7) is 5.43. The predicted molar refractivity (Wildman–Crippen MR) is 121 cm³/mol. The summed E-state index contributed by atoms with van der Waals surface area (Å²) in [6, 6.07) is 4.18. The topological polar surface area (TPSA) is 66.0 Å². The number of ether oxygens (including phenoxy) is 1. The van der Waals surface area contributed by atoms with Gasteiger partial charge in [-0.25, -0.2) is 4.99 Å². The van der Waals surface area contributed by atoms with Crippen LogP contribution in [0.5, 0.6) is 0 Å². The number of guanidine groups is 1. The number of likely N-dealkylation sites (N-methyl/N-ethyl adjacent to an activating group) is 1. The first-order chi connectivity index (χ1) is 12.1. The molecule has 1 aromatic heterocycles. The van der Waals surface area contributed by atoms with Gasteiger partial charge in [-0.05, 0) is 30.7 Å². The molecule has 0 atom stereocenters. The molecule has 6 nitrogen and oxygen atoms in total. The number of hydrogen-bond acceptors (Lipinski definition) is 4. The van der Waals surface area contributed by atoms with Crippen molar-refractivity contribution >= 4 is 47.2 Å². The van der Waals surface area contributed by atoms with Crippen LogP contribution >= 0.6 is 35.3 Å². The predicted octanol–water partition coefficient (Wildman–Crippen LogP) is 2.74. The molecule has 1 aromatic rings. The average molecular weight is 496 g/mol. The van der Waals surface area contributed by atoms with Gasteiger partial charge in [0.2, 0.25) is 5.91 Å². The number of nitrogens with zero attached hydrogens (tertiary/aromatic N) is 2. The molecule has 0 aromatic carbocycles. The first-order valence-corrected chi connectivity index (χ1v) is 9.84. The van der Waals surface area contributed by atoms with Crippen LogP contribution in [0.1, 0.15) is 31.1 Å². The largest absolute Gasteiger partial charge is 0.381 e.